The van der Waals surface area contributed by atoms with Crippen molar-refractivity contribution in [1.29, 1.82) is 0 Å². The minimum atomic E-state index is 0.101. The molecule has 1 aromatic rings. The first-order valence-corrected chi connectivity index (χ1v) is 5.07. The molecule has 0 unspecified atom stereocenters. The van der Waals surface area contributed by atoms with E-state index in [0.29, 0.717) is 0 Å². The lowest BCUT2D eigenvalue weighted by Crippen LogP contribution is -2.19. The minimum Gasteiger partial charge on any atom is -0.324 e. The fourth-order valence-corrected chi connectivity index (χ4v) is 1.66. The fourth-order valence-electron chi connectivity index (χ4n) is 1.66. The molecular weight excluding hydrogens is 172 g/mol. The van der Waals surface area contributed by atoms with Gasteiger partial charge >= 0.3 is 0 Å². The molecule has 14 heavy (non-hydrogen) atoms. The van der Waals surface area contributed by atoms with E-state index in [2.05, 4.69) is 31.8 Å². The van der Waals surface area contributed by atoms with E-state index in [1.807, 2.05) is 19.2 Å². The molecule has 0 saturated heterocycles. The van der Waals surface area contributed by atoms with Crippen molar-refractivity contribution in [1.82, 2.24) is 4.98 Å². The molecule has 0 fully saturated rings. The molecule has 0 amide bonds. The summed E-state index contributed by atoms with van der Waals surface area (Å²) in [5, 5.41) is 0. The topological polar surface area (TPSA) is 38.9 Å². The fraction of sp³-hybridized carbons (Fsp3) is 0.583. The molecule has 0 saturated carbocycles. The third-order valence-corrected chi connectivity index (χ3v) is 2.28. The van der Waals surface area contributed by atoms with Gasteiger partial charge < -0.3 is 5.73 Å². The summed E-state index contributed by atoms with van der Waals surface area (Å²) in [5.74, 6) is 0. The van der Waals surface area contributed by atoms with Gasteiger partial charge in [0, 0.05) is 17.9 Å². The van der Waals surface area contributed by atoms with Crippen LogP contribution in [0.15, 0.2) is 18.3 Å². The van der Waals surface area contributed by atoms with Crippen molar-refractivity contribution in [2.24, 2.45) is 11.1 Å². The van der Waals surface area contributed by atoms with Gasteiger partial charge in [0.25, 0.3) is 0 Å². The Labute approximate surface area is 86.5 Å². The van der Waals surface area contributed by atoms with Gasteiger partial charge in [-0.15, -0.1) is 0 Å². The lowest BCUT2D eigenvalue weighted by atomic mass is 9.85. The molecule has 1 aromatic heterocycles. The van der Waals surface area contributed by atoms with Crippen molar-refractivity contribution in [2.45, 2.75) is 40.2 Å². The van der Waals surface area contributed by atoms with Crippen molar-refractivity contribution in [3.05, 3.63) is 29.6 Å². The van der Waals surface area contributed by atoms with Crippen LogP contribution in [0, 0.1) is 12.3 Å². The van der Waals surface area contributed by atoms with Gasteiger partial charge in [-0.05, 0) is 30.4 Å². The smallest absolute Gasteiger partial charge is 0.0420 e. The van der Waals surface area contributed by atoms with Crippen molar-refractivity contribution in [2.75, 3.05) is 0 Å². The van der Waals surface area contributed by atoms with Crippen LogP contribution in [0.25, 0.3) is 0 Å². The molecule has 0 aliphatic heterocycles. The highest BCUT2D eigenvalue weighted by molar-refractivity contribution is 5.22. The molecule has 1 atom stereocenters. The van der Waals surface area contributed by atoms with Crippen LogP contribution in [0.3, 0.4) is 0 Å². The van der Waals surface area contributed by atoms with Crippen LogP contribution < -0.4 is 5.73 Å². The number of rotatable bonds is 2. The Hall–Kier alpha value is -0.890. The van der Waals surface area contributed by atoms with Crippen LogP contribution in [-0.4, -0.2) is 4.98 Å². The van der Waals surface area contributed by atoms with Gasteiger partial charge in [0.2, 0.25) is 0 Å². The van der Waals surface area contributed by atoms with Gasteiger partial charge in [0.15, 0.2) is 0 Å². The number of hydrogen-bond acceptors (Lipinski definition) is 2. The van der Waals surface area contributed by atoms with E-state index in [-0.39, 0.29) is 11.5 Å². The van der Waals surface area contributed by atoms with Gasteiger partial charge in [0.05, 0.1) is 0 Å². The molecule has 1 rings (SSSR count). The highest BCUT2D eigenvalue weighted by Gasteiger charge is 2.18. The first-order chi connectivity index (χ1) is 6.40. The van der Waals surface area contributed by atoms with E-state index in [1.165, 1.54) is 5.56 Å². The first kappa shape index (κ1) is 11.2. The molecule has 0 aromatic carbocycles. The van der Waals surface area contributed by atoms with Gasteiger partial charge in [0.1, 0.15) is 0 Å². The summed E-state index contributed by atoms with van der Waals surface area (Å²) in [6.07, 6.45) is 2.79. The number of nitrogens with two attached hydrogens (primary N) is 1. The molecule has 2 nitrogen and oxygen atoms in total. The zero-order valence-corrected chi connectivity index (χ0v) is 9.54. The standard InChI is InChI=1S/C12H20N2/c1-9-10(6-5-7-14-9)11(13)8-12(2,3)4/h5-7,11H,8,13H2,1-4H3/t11-/m0/s1. The second-order valence-electron chi connectivity index (χ2n) is 5.05. The number of hydrogen-bond donors (Lipinski definition) is 1. The van der Waals surface area contributed by atoms with E-state index >= 15 is 0 Å². The zero-order chi connectivity index (χ0) is 10.8. The Morgan fingerprint density at radius 2 is 2.07 bits per heavy atom. The Bertz CT molecular complexity index is 299. The van der Waals surface area contributed by atoms with E-state index in [4.69, 9.17) is 5.73 Å². The SMILES string of the molecule is Cc1ncccc1[C@@H](N)CC(C)(C)C. The summed E-state index contributed by atoms with van der Waals surface area (Å²) in [5.41, 5.74) is 8.62. The van der Waals surface area contributed by atoms with E-state index < -0.39 is 0 Å². The number of aromatic nitrogens is 1. The molecule has 0 radical (unpaired) electrons. The summed E-state index contributed by atoms with van der Waals surface area (Å²) in [6, 6.07) is 4.12. The number of aryl methyl sites for hydroxylation is 1. The van der Waals surface area contributed by atoms with Crippen LogP contribution in [0.2, 0.25) is 0 Å². The number of pyridine rings is 1. The predicted octanol–water partition coefficient (Wildman–Crippen LogP) is 2.83. The quantitative estimate of drug-likeness (QED) is 0.782. The van der Waals surface area contributed by atoms with Gasteiger partial charge in [-0.25, -0.2) is 0 Å². The van der Waals surface area contributed by atoms with Crippen LogP contribution >= 0.6 is 0 Å². The van der Waals surface area contributed by atoms with Gasteiger partial charge in [-0.3, -0.25) is 4.98 Å². The maximum absolute atomic E-state index is 6.14. The van der Waals surface area contributed by atoms with Crippen LogP contribution in [-0.2, 0) is 0 Å². The van der Waals surface area contributed by atoms with Crippen molar-refractivity contribution in [3.63, 3.8) is 0 Å². The normalized spacial score (nSPS) is 14.1. The van der Waals surface area contributed by atoms with Crippen molar-refractivity contribution >= 4 is 0 Å². The lowest BCUT2D eigenvalue weighted by molar-refractivity contribution is 0.342. The molecule has 0 spiro atoms. The van der Waals surface area contributed by atoms with Crippen LogP contribution in [0.5, 0.6) is 0 Å². The first-order valence-electron chi connectivity index (χ1n) is 5.07. The van der Waals surface area contributed by atoms with E-state index in [1.54, 1.807) is 0 Å². The molecule has 0 aliphatic carbocycles. The molecular formula is C12H20N2. The summed E-state index contributed by atoms with van der Waals surface area (Å²) in [4.78, 5) is 4.25. The van der Waals surface area contributed by atoms with Gasteiger partial charge in [-0.1, -0.05) is 26.8 Å². The molecule has 78 valence electrons. The van der Waals surface area contributed by atoms with E-state index in [0.717, 1.165) is 12.1 Å². The molecule has 0 aliphatic rings. The summed E-state index contributed by atoms with van der Waals surface area (Å²) >= 11 is 0. The second kappa shape index (κ2) is 4.09. The second-order valence-corrected chi connectivity index (χ2v) is 5.05. The molecule has 2 heteroatoms. The monoisotopic (exact) mass is 192 g/mol. The maximum Gasteiger partial charge on any atom is 0.0420 e. The van der Waals surface area contributed by atoms with Crippen LogP contribution in [0.1, 0.15) is 44.5 Å². The molecule has 0 bridgehead atoms. The largest absolute Gasteiger partial charge is 0.324 e. The number of nitrogens with zero attached hydrogens (tertiary/aromatic N) is 1. The van der Waals surface area contributed by atoms with E-state index in [9.17, 15) is 0 Å². The Morgan fingerprint density at radius 1 is 1.43 bits per heavy atom. The van der Waals surface area contributed by atoms with Crippen molar-refractivity contribution in [3.8, 4) is 0 Å². The average Bonchev–Trinajstić information content (AvgIpc) is 2.01. The van der Waals surface area contributed by atoms with Gasteiger partial charge in [-0.2, -0.15) is 0 Å². The molecule has 1 heterocycles. The highest BCUT2D eigenvalue weighted by atomic mass is 14.7. The Balaban J connectivity index is 2.80. The summed E-state index contributed by atoms with van der Waals surface area (Å²) in [7, 11) is 0. The third-order valence-electron chi connectivity index (χ3n) is 2.28. The lowest BCUT2D eigenvalue weighted by Gasteiger charge is -2.24. The third kappa shape index (κ3) is 3.11. The zero-order valence-electron chi connectivity index (χ0n) is 9.54. The van der Waals surface area contributed by atoms with Crippen LogP contribution in [0.4, 0.5) is 0 Å². The Kier molecular flexibility index (Phi) is 3.27. The predicted molar refractivity (Wildman–Crippen MR) is 60.0 cm³/mol. The Morgan fingerprint density at radius 3 is 2.57 bits per heavy atom. The molecule has 2 N–H and O–H groups in total. The maximum atomic E-state index is 6.14. The minimum absolute atomic E-state index is 0.101. The average molecular weight is 192 g/mol. The highest BCUT2D eigenvalue weighted by Crippen LogP contribution is 2.28. The van der Waals surface area contributed by atoms with Crippen molar-refractivity contribution < 1.29 is 0 Å². The summed E-state index contributed by atoms with van der Waals surface area (Å²) < 4.78 is 0. The summed E-state index contributed by atoms with van der Waals surface area (Å²) in [6.45, 7) is 8.63.